The molecule has 0 saturated carbocycles. The van der Waals surface area contributed by atoms with Gasteiger partial charge in [0, 0.05) is 19.6 Å². The third kappa shape index (κ3) is 4.96. The van der Waals surface area contributed by atoms with Gasteiger partial charge < -0.3 is 15.4 Å². The van der Waals surface area contributed by atoms with Crippen LogP contribution in [0.5, 0.6) is 5.75 Å². The quantitative estimate of drug-likeness (QED) is 0.670. The van der Waals surface area contributed by atoms with Crippen molar-refractivity contribution in [3.63, 3.8) is 0 Å². The maximum atomic E-state index is 6.09. The number of hydrogen-bond donors (Lipinski definition) is 1. The molecular formula is C17H27N3O. The Balaban J connectivity index is 1.81. The van der Waals surface area contributed by atoms with Gasteiger partial charge in [-0.2, -0.15) is 0 Å². The van der Waals surface area contributed by atoms with Crippen LogP contribution in [0.3, 0.4) is 0 Å². The molecule has 1 aliphatic heterocycles. The zero-order chi connectivity index (χ0) is 15.1. The second-order valence-corrected chi connectivity index (χ2v) is 5.90. The number of piperidine rings is 1. The predicted molar refractivity (Wildman–Crippen MR) is 87.8 cm³/mol. The van der Waals surface area contributed by atoms with E-state index >= 15 is 0 Å². The third-order valence-electron chi connectivity index (χ3n) is 3.99. The number of nitrogens with two attached hydrogens (primary N) is 1. The molecule has 1 heterocycles. The summed E-state index contributed by atoms with van der Waals surface area (Å²) < 4.78 is 5.18. The average molecular weight is 289 g/mol. The standard InChI is InChI=1S/C17H27N3O/c1-14(12-15-6-8-16(21-2)9-7-15)13-19-17(18)20-10-4-3-5-11-20/h6-9,14H,3-5,10-13H2,1-2H3,(H2,18,19). The van der Waals surface area contributed by atoms with Crippen LogP contribution in [0.2, 0.25) is 0 Å². The summed E-state index contributed by atoms with van der Waals surface area (Å²) in [5.74, 6) is 2.11. The van der Waals surface area contributed by atoms with Crippen molar-refractivity contribution in [2.24, 2.45) is 16.6 Å². The Hall–Kier alpha value is -1.71. The number of likely N-dealkylation sites (tertiary alicyclic amines) is 1. The number of guanidine groups is 1. The van der Waals surface area contributed by atoms with Crippen molar-refractivity contribution in [2.75, 3.05) is 26.7 Å². The minimum Gasteiger partial charge on any atom is -0.497 e. The smallest absolute Gasteiger partial charge is 0.191 e. The highest BCUT2D eigenvalue weighted by atomic mass is 16.5. The molecule has 1 aliphatic rings. The van der Waals surface area contributed by atoms with Crippen molar-refractivity contribution < 1.29 is 4.74 Å². The van der Waals surface area contributed by atoms with Gasteiger partial charge in [-0.1, -0.05) is 19.1 Å². The van der Waals surface area contributed by atoms with Gasteiger partial charge >= 0.3 is 0 Å². The molecule has 21 heavy (non-hydrogen) atoms. The van der Waals surface area contributed by atoms with Crippen LogP contribution < -0.4 is 10.5 Å². The minimum atomic E-state index is 0.488. The van der Waals surface area contributed by atoms with Gasteiger partial charge in [0.1, 0.15) is 5.75 Å². The molecule has 1 saturated heterocycles. The molecule has 0 aliphatic carbocycles. The molecule has 1 atom stereocenters. The zero-order valence-electron chi connectivity index (χ0n) is 13.2. The fourth-order valence-electron chi connectivity index (χ4n) is 2.70. The molecule has 0 bridgehead atoms. The largest absolute Gasteiger partial charge is 0.497 e. The molecule has 0 amide bonds. The lowest BCUT2D eigenvalue weighted by Crippen LogP contribution is -2.41. The number of benzene rings is 1. The van der Waals surface area contributed by atoms with Gasteiger partial charge in [0.05, 0.1) is 7.11 Å². The Morgan fingerprint density at radius 3 is 2.52 bits per heavy atom. The molecule has 0 aromatic heterocycles. The van der Waals surface area contributed by atoms with Crippen LogP contribution >= 0.6 is 0 Å². The summed E-state index contributed by atoms with van der Waals surface area (Å²) in [4.78, 5) is 6.79. The normalized spacial score (nSPS) is 17.6. The summed E-state index contributed by atoms with van der Waals surface area (Å²) in [6, 6.07) is 8.25. The van der Waals surface area contributed by atoms with Crippen LogP contribution in [0.4, 0.5) is 0 Å². The third-order valence-corrected chi connectivity index (χ3v) is 3.99. The van der Waals surface area contributed by atoms with Crippen molar-refractivity contribution in [2.45, 2.75) is 32.6 Å². The molecule has 0 radical (unpaired) electrons. The van der Waals surface area contributed by atoms with E-state index in [4.69, 9.17) is 10.5 Å². The average Bonchev–Trinajstić information content (AvgIpc) is 2.54. The Labute approximate surface area is 128 Å². The van der Waals surface area contributed by atoms with E-state index in [1.165, 1.54) is 24.8 Å². The molecule has 1 aromatic carbocycles. The summed E-state index contributed by atoms with van der Waals surface area (Å²) in [7, 11) is 1.69. The fourth-order valence-corrected chi connectivity index (χ4v) is 2.70. The summed E-state index contributed by atoms with van der Waals surface area (Å²) in [5, 5.41) is 0. The van der Waals surface area contributed by atoms with Gasteiger partial charge in [-0.15, -0.1) is 0 Å². The summed E-state index contributed by atoms with van der Waals surface area (Å²) in [6.45, 7) is 5.12. The van der Waals surface area contributed by atoms with Crippen molar-refractivity contribution in [3.8, 4) is 5.75 Å². The molecule has 2 N–H and O–H groups in total. The molecule has 1 fully saturated rings. The van der Waals surface area contributed by atoms with E-state index in [1.54, 1.807) is 7.11 Å². The first kappa shape index (κ1) is 15.7. The van der Waals surface area contributed by atoms with Gasteiger partial charge in [-0.25, -0.2) is 0 Å². The predicted octanol–water partition coefficient (Wildman–Crippen LogP) is 2.67. The van der Waals surface area contributed by atoms with E-state index in [0.717, 1.165) is 37.8 Å². The van der Waals surface area contributed by atoms with Crippen LogP contribution in [0.25, 0.3) is 0 Å². The number of aliphatic imine (C=N–C) groups is 1. The maximum absolute atomic E-state index is 6.09. The fraction of sp³-hybridized carbons (Fsp3) is 0.588. The second kappa shape index (κ2) is 7.91. The van der Waals surface area contributed by atoms with Crippen LogP contribution in [-0.4, -0.2) is 37.6 Å². The van der Waals surface area contributed by atoms with E-state index in [0.29, 0.717) is 5.92 Å². The maximum Gasteiger partial charge on any atom is 0.191 e. The van der Waals surface area contributed by atoms with E-state index in [-0.39, 0.29) is 0 Å². The summed E-state index contributed by atoms with van der Waals surface area (Å²) in [5.41, 5.74) is 7.40. The number of methoxy groups -OCH3 is 1. The molecule has 1 unspecified atom stereocenters. The van der Waals surface area contributed by atoms with E-state index in [2.05, 4.69) is 28.9 Å². The molecule has 116 valence electrons. The number of ether oxygens (including phenoxy) is 1. The van der Waals surface area contributed by atoms with Gasteiger partial charge in [-0.3, -0.25) is 4.99 Å². The van der Waals surface area contributed by atoms with Gasteiger partial charge in [0.2, 0.25) is 0 Å². The Bertz CT molecular complexity index is 450. The van der Waals surface area contributed by atoms with Crippen LogP contribution in [0.15, 0.2) is 29.3 Å². The van der Waals surface area contributed by atoms with Crippen molar-refractivity contribution in [1.29, 1.82) is 0 Å². The van der Waals surface area contributed by atoms with Gasteiger partial charge in [-0.05, 0) is 49.3 Å². The Kier molecular flexibility index (Phi) is 5.90. The number of rotatable bonds is 5. The highest BCUT2D eigenvalue weighted by Gasteiger charge is 2.12. The van der Waals surface area contributed by atoms with Crippen molar-refractivity contribution >= 4 is 5.96 Å². The zero-order valence-corrected chi connectivity index (χ0v) is 13.2. The molecule has 4 nitrogen and oxygen atoms in total. The molecule has 2 rings (SSSR count). The minimum absolute atomic E-state index is 0.488. The molecule has 4 heteroatoms. The van der Waals surface area contributed by atoms with E-state index in [1.807, 2.05) is 12.1 Å². The summed E-state index contributed by atoms with van der Waals surface area (Å²) >= 11 is 0. The van der Waals surface area contributed by atoms with Crippen molar-refractivity contribution in [3.05, 3.63) is 29.8 Å². The SMILES string of the molecule is COc1ccc(CC(C)CN=C(N)N2CCCCC2)cc1. The van der Waals surface area contributed by atoms with Crippen LogP contribution in [-0.2, 0) is 6.42 Å². The van der Waals surface area contributed by atoms with Crippen molar-refractivity contribution in [1.82, 2.24) is 4.90 Å². The monoisotopic (exact) mass is 289 g/mol. The van der Waals surface area contributed by atoms with Gasteiger partial charge in [0.25, 0.3) is 0 Å². The lowest BCUT2D eigenvalue weighted by atomic mass is 10.0. The highest BCUT2D eigenvalue weighted by molar-refractivity contribution is 5.78. The lowest BCUT2D eigenvalue weighted by Gasteiger charge is -2.27. The first-order valence-electron chi connectivity index (χ1n) is 7.87. The van der Waals surface area contributed by atoms with E-state index < -0.39 is 0 Å². The Morgan fingerprint density at radius 2 is 1.90 bits per heavy atom. The second-order valence-electron chi connectivity index (χ2n) is 5.90. The lowest BCUT2D eigenvalue weighted by molar-refractivity contribution is 0.337. The van der Waals surface area contributed by atoms with E-state index in [9.17, 15) is 0 Å². The number of nitrogens with zero attached hydrogens (tertiary/aromatic N) is 2. The highest BCUT2D eigenvalue weighted by Crippen LogP contribution is 2.15. The first-order valence-corrected chi connectivity index (χ1v) is 7.87. The molecule has 1 aromatic rings. The van der Waals surface area contributed by atoms with Crippen LogP contribution in [0.1, 0.15) is 31.7 Å². The van der Waals surface area contributed by atoms with Crippen LogP contribution in [0, 0.1) is 5.92 Å². The first-order chi connectivity index (χ1) is 10.2. The Morgan fingerprint density at radius 1 is 1.24 bits per heavy atom. The van der Waals surface area contributed by atoms with Gasteiger partial charge in [0.15, 0.2) is 5.96 Å². The number of hydrogen-bond acceptors (Lipinski definition) is 2. The topological polar surface area (TPSA) is 50.9 Å². The molecule has 0 spiro atoms. The molecular weight excluding hydrogens is 262 g/mol. The summed E-state index contributed by atoms with van der Waals surface area (Å²) in [6.07, 6.45) is 4.80.